The highest BCUT2D eigenvalue weighted by atomic mass is 16.5. The Bertz CT molecular complexity index is 1040. The molecule has 0 aliphatic carbocycles. The number of anilines is 1. The van der Waals surface area contributed by atoms with Crippen molar-refractivity contribution < 1.29 is 4.74 Å². The summed E-state index contributed by atoms with van der Waals surface area (Å²) in [5, 5.41) is 4.60. The van der Waals surface area contributed by atoms with Crippen LogP contribution in [0.25, 0.3) is 28.3 Å². The highest BCUT2D eigenvalue weighted by Gasteiger charge is 2.10. The number of ether oxygens (including phenoxy) is 1. The summed E-state index contributed by atoms with van der Waals surface area (Å²) in [5.41, 5.74) is 9.72. The number of fused-ring (bicyclic) bond motifs is 1. The number of aromatic nitrogens is 5. The van der Waals surface area contributed by atoms with Crippen LogP contribution in [0.5, 0.6) is 5.75 Å². The SMILES string of the molecule is CCCOc1ccc(-c2ccc3nc(-c4cccnc4N)cn3n2)nc1. The Hall–Kier alpha value is -3.48. The summed E-state index contributed by atoms with van der Waals surface area (Å²) in [4.78, 5) is 13.1. The molecule has 0 aliphatic heterocycles. The predicted octanol–water partition coefficient (Wildman–Crippen LogP) is 3.22. The average Bonchev–Trinajstić information content (AvgIpc) is 3.10. The van der Waals surface area contributed by atoms with E-state index in [1.54, 1.807) is 16.9 Å². The first-order valence-corrected chi connectivity index (χ1v) is 8.41. The third-order valence-corrected chi connectivity index (χ3v) is 3.91. The summed E-state index contributed by atoms with van der Waals surface area (Å²) < 4.78 is 7.29. The summed E-state index contributed by atoms with van der Waals surface area (Å²) in [6.45, 7) is 2.75. The molecule has 0 aromatic carbocycles. The van der Waals surface area contributed by atoms with Crippen molar-refractivity contribution in [3.05, 3.63) is 55.0 Å². The molecule has 0 amide bonds. The predicted molar refractivity (Wildman–Crippen MR) is 99.6 cm³/mol. The number of nitrogen functional groups attached to an aromatic ring is 1. The van der Waals surface area contributed by atoms with Gasteiger partial charge in [0.15, 0.2) is 5.65 Å². The van der Waals surface area contributed by atoms with Crippen molar-refractivity contribution in [2.45, 2.75) is 13.3 Å². The summed E-state index contributed by atoms with van der Waals surface area (Å²) in [7, 11) is 0. The van der Waals surface area contributed by atoms with Crippen LogP contribution in [0.1, 0.15) is 13.3 Å². The van der Waals surface area contributed by atoms with Gasteiger partial charge in [-0.25, -0.2) is 14.5 Å². The second-order valence-corrected chi connectivity index (χ2v) is 5.81. The van der Waals surface area contributed by atoms with Crippen molar-refractivity contribution in [2.75, 3.05) is 12.3 Å². The van der Waals surface area contributed by atoms with Gasteiger partial charge in [-0.2, -0.15) is 5.10 Å². The minimum Gasteiger partial charge on any atom is -0.492 e. The van der Waals surface area contributed by atoms with Gasteiger partial charge in [0.1, 0.15) is 17.3 Å². The first kappa shape index (κ1) is 16.0. The van der Waals surface area contributed by atoms with Crippen LogP contribution >= 0.6 is 0 Å². The molecule has 0 radical (unpaired) electrons. The summed E-state index contributed by atoms with van der Waals surface area (Å²) >= 11 is 0. The van der Waals surface area contributed by atoms with E-state index in [4.69, 9.17) is 10.5 Å². The van der Waals surface area contributed by atoms with Gasteiger partial charge in [-0.3, -0.25) is 4.98 Å². The number of pyridine rings is 2. The molecule has 0 bridgehead atoms. The molecule has 7 heteroatoms. The quantitative estimate of drug-likeness (QED) is 0.596. The molecule has 0 saturated heterocycles. The maximum atomic E-state index is 5.94. The van der Waals surface area contributed by atoms with E-state index in [0.29, 0.717) is 12.4 Å². The van der Waals surface area contributed by atoms with Gasteiger partial charge in [-0.15, -0.1) is 0 Å². The minimum atomic E-state index is 0.445. The summed E-state index contributed by atoms with van der Waals surface area (Å²) in [6.07, 6.45) is 6.17. The lowest BCUT2D eigenvalue weighted by atomic mass is 10.2. The normalized spacial score (nSPS) is 11.0. The third-order valence-electron chi connectivity index (χ3n) is 3.91. The van der Waals surface area contributed by atoms with E-state index in [9.17, 15) is 0 Å². The molecule has 0 atom stereocenters. The average molecular weight is 346 g/mol. The second kappa shape index (κ2) is 6.79. The molecule has 7 nitrogen and oxygen atoms in total. The van der Waals surface area contributed by atoms with Crippen molar-refractivity contribution in [1.29, 1.82) is 0 Å². The zero-order valence-corrected chi connectivity index (χ0v) is 14.3. The summed E-state index contributed by atoms with van der Waals surface area (Å²) in [5.74, 6) is 1.20. The first-order valence-electron chi connectivity index (χ1n) is 8.41. The zero-order valence-electron chi connectivity index (χ0n) is 14.3. The largest absolute Gasteiger partial charge is 0.492 e. The van der Waals surface area contributed by atoms with E-state index in [1.165, 1.54) is 0 Å². The standard InChI is InChI=1S/C19H18N6O/c1-2-10-26-13-5-6-15(22-11-13)16-7-8-18-23-17(12-25(18)24-16)14-4-3-9-21-19(14)20/h3-9,11-12H,2,10H2,1H3,(H2,20,21). The Morgan fingerprint density at radius 2 is 1.92 bits per heavy atom. The molecule has 4 heterocycles. The van der Waals surface area contributed by atoms with Crippen molar-refractivity contribution in [2.24, 2.45) is 0 Å². The van der Waals surface area contributed by atoms with Gasteiger partial charge >= 0.3 is 0 Å². The first-order chi connectivity index (χ1) is 12.7. The van der Waals surface area contributed by atoms with E-state index in [1.807, 2.05) is 42.6 Å². The Morgan fingerprint density at radius 1 is 1.04 bits per heavy atom. The fourth-order valence-electron chi connectivity index (χ4n) is 2.62. The van der Waals surface area contributed by atoms with Gasteiger partial charge in [0.2, 0.25) is 0 Å². The molecular weight excluding hydrogens is 328 g/mol. The molecule has 0 spiro atoms. The van der Waals surface area contributed by atoms with Gasteiger partial charge in [-0.05, 0) is 42.8 Å². The van der Waals surface area contributed by atoms with Gasteiger partial charge < -0.3 is 10.5 Å². The van der Waals surface area contributed by atoms with E-state index in [0.717, 1.165) is 40.5 Å². The van der Waals surface area contributed by atoms with Gasteiger partial charge in [0.25, 0.3) is 0 Å². The fourth-order valence-corrected chi connectivity index (χ4v) is 2.62. The van der Waals surface area contributed by atoms with Gasteiger partial charge in [-0.1, -0.05) is 6.92 Å². The highest BCUT2D eigenvalue weighted by molar-refractivity contribution is 5.72. The van der Waals surface area contributed by atoms with Crippen LogP contribution in [0.3, 0.4) is 0 Å². The molecular formula is C19H18N6O. The lowest BCUT2D eigenvalue weighted by Crippen LogP contribution is -1.97. The molecule has 4 aromatic rings. The van der Waals surface area contributed by atoms with E-state index in [2.05, 4.69) is 27.0 Å². The number of rotatable bonds is 5. The molecule has 4 aromatic heterocycles. The van der Waals surface area contributed by atoms with Crippen molar-refractivity contribution in [1.82, 2.24) is 24.6 Å². The molecule has 2 N–H and O–H groups in total. The van der Waals surface area contributed by atoms with Crippen LogP contribution in [-0.4, -0.2) is 31.2 Å². The van der Waals surface area contributed by atoms with E-state index in [-0.39, 0.29) is 0 Å². The zero-order chi connectivity index (χ0) is 17.9. The van der Waals surface area contributed by atoms with Crippen LogP contribution in [0.4, 0.5) is 5.82 Å². The highest BCUT2D eigenvalue weighted by Crippen LogP contribution is 2.24. The number of nitrogens with two attached hydrogens (primary N) is 1. The molecule has 0 aliphatic rings. The van der Waals surface area contributed by atoms with Crippen LogP contribution in [-0.2, 0) is 0 Å². The Morgan fingerprint density at radius 3 is 2.69 bits per heavy atom. The Labute approximate surface area is 150 Å². The second-order valence-electron chi connectivity index (χ2n) is 5.81. The van der Waals surface area contributed by atoms with E-state index >= 15 is 0 Å². The molecule has 0 saturated carbocycles. The van der Waals surface area contributed by atoms with Crippen LogP contribution in [0.2, 0.25) is 0 Å². The molecule has 0 fully saturated rings. The number of imidazole rings is 1. The Kier molecular flexibility index (Phi) is 4.18. The monoisotopic (exact) mass is 346 g/mol. The van der Waals surface area contributed by atoms with Crippen LogP contribution in [0.15, 0.2) is 55.0 Å². The number of hydrogen-bond donors (Lipinski definition) is 1. The Balaban J connectivity index is 1.66. The van der Waals surface area contributed by atoms with E-state index < -0.39 is 0 Å². The summed E-state index contributed by atoms with van der Waals surface area (Å²) in [6, 6.07) is 11.3. The van der Waals surface area contributed by atoms with Crippen molar-refractivity contribution in [3.8, 4) is 28.4 Å². The number of hydrogen-bond acceptors (Lipinski definition) is 6. The minimum absolute atomic E-state index is 0.445. The maximum absolute atomic E-state index is 5.94. The lowest BCUT2D eigenvalue weighted by molar-refractivity contribution is 0.316. The third kappa shape index (κ3) is 3.06. The molecule has 26 heavy (non-hydrogen) atoms. The molecule has 130 valence electrons. The maximum Gasteiger partial charge on any atom is 0.154 e. The number of nitrogens with zero attached hydrogens (tertiary/aromatic N) is 5. The van der Waals surface area contributed by atoms with Crippen LogP contribution in [0, 0.1) is 0 Å². The smallest absolute Gasteiger partial charge is 0.154 e. The van der Waals surface area contributed by atoms with Crippen molar-refractivity contribution in [3.63, 3.8) is 0 Å². The van der Waals surface area contributed by atoms with Crippen LogP contribution < -0.4 is 10.5 Å². The topological polar surface area (TPSA) is 91.2 Å². The molecule has 0 unspecified atom stereocenters. The van der Waals surface area contributed by atoms with Gasteiger partial charge in [0, 0.05) is 11.8 Å². The van der Waals surface area contributed by atoms with Crippen molar-refractivity contribution >= 4 is 11.5 Å². The van der Waals surface area contributed by atoms with Gasteiger partial charge in [0.05, 0.1) is 30.4 Å². The lowest BCUT2D eigenvalue weighted by Gasteiger charge is -2.05. The fraction of sp³-hybridized carbons (Fsp3) is 0.158. The molecule has 4 rings (SSSR count).